The first-order valence-electron chi connectivity index (χ1n) is 7.04. The zero-order valence-electron chi connectivity index (χ0n) is 12.2. The summed E-state index contributed by atoms with van der Waals surface area (Å²) in [5.41, 5.74) is 0.663. The van der Waals surface area contributed by atoms with Gasteiger partial charge in [0.25, 0.3) is 11.5 Å². The van der Waals surface area contributed by atoms with Gasteiger partial charge in [-0.05, 0) is 25.5 Å². The van der Waals surface area contributed by atoms with E-state index in [9.17, 15) is 9.59 Å². The average molecular weight is 306 g/mol. The summed E-state index contributed by atoms with van der Waals surface area (Å²) in [7, 11) is 1.67. The standard InChI is InChI=1S/C14H18N4O2S/c1-9-10-12(16-8-17(2)13(10)19)21-11(9)14(20)18-6-3-4-15-5-7-18/h8,15H,3-7H2,1-2H3. The smallest absolute Gasteiger partial charge is 0.264 e. The quantitative estimate of drug-likeness (QED) is 0.844. The van der Waals surface area contributed by atoms with E-state index in [1.165, 1.54) is 22.2 Å². The summed E-state index contributed by atoms with van der Waals surface area (Å²) in [5.74, 6) is 0.0150. The highest BCUT2D eigenvalue weighted by Crippen LogP contribution is 2.28. The molecule has 0 spiro atoms. The molecule has 0 saturated carbocycles. The maximum absolute atomic E-state index is 12.7. The molecule has 6 nitrogen and oxygen atoms in total. The number of aromatic nitrogens is 2. The van der Waals surface area contributed by atoms with Crippen molar-refractivity contribution in [2.24, 2.45) is 7.05 Å². The molecular weight excluding hydrogens is 288 g/mol. The van der Waals surface area contributed by atoms with E-state index in [1.807, 2.05) is 11.8 Å². The molecule has 0 atom stereocenters. The van der Waals surface area contributed by atoms with Gasteiger partial charge in [0.2, 0.25) is 0 Å². The van der Waals surface area contributed by atoms with Gasteiger partial charge in [-0.1, -0.05) is 0 Å². The van der Waals surface area contributed by atoms with E-state index in [0.29, 0.717) is 21.6 Å². The first-order chi connectivity index (χ1) is 10.1. The number of hydrogen-bond acceptors (Lipinski definition) is 5. The molecule has 1 aliphatic rings. The second-order valence-corrected chi connectivity index (χ2v) is 6.29. The highest BCUT2D eigenvalue weighted by Gasteiger charge is 2.23. The van der Waals surface area contributed by atoms with Gasteiger partial charge in [-0.2, -0.15) is 0 Å². The summed E-state index contributed by atoms with van der Waals surface area (Å²) in [4.78, 5) is 32.3. The van der Waals surface area contributed by atoms with Crippen molar-refractivity contribution < 1.29 is 4.79 Å². The Labute approximate surface area is 126 Å². The van der Waals surface area contributed by atoms with Crippen molar-refractivity contribution in [3.8, 4) is 0 Å². The second kappa shape index (κ2) is 5.57. The van der Waals surface area contributed by atoms with Crippen molar-refractivity contribution in [2.75, 3.05) is 26.2 Å². The number of fused-ring (bicyclic) bond motifs is 1. The molecule has 2 aromatic rings. The van der Waals surface area contributed by atoms with Gasteiger partial charge in [0.15, 0.2) is 0 Å². The van der Waals surface area contributed by atoms with E-state index in [4.69, 9.17) is 0 Å². The maximum atomic E-state index is 12.7. The fourth-order valence-electron chi connectivity index (χ4n) is 2.61. The molecule has 0 bridgehead atoms. The number of hydrogen-bond donors (Lipinski definition) is 1. The molecule has 0 aromatic carbocycles. The van der Waals surface area contributed by atoms with Gasteiger partial charge < -0.3 is 14.8 Å². The normalized spacial score (nSPS) is 16.2. The van der Waals surface area contributed by atoms with Gasteiger partial charge in [0.1, 0.15) is 4.83 Å². The van der Waals surface area contributed by atoms with Crippen LogP contribution in [0.2, 0.25) is 0 Å². The number of amides is 1. The lowest BCUT2D eigenvalue weighted by molar-refractivity contribution is 0.0770. The third-order valence-corrected chi connectivity index (χ3v) is 5.02. The molecular formula is C14H18N4O2S. The minimum Gasteiger partial charge on any atom is -0.337 e. The summed E-state index contributed by atoms with van der Waals surface area (Å²) >= 11 is 1.32. The van der Waals surface area contributed by atoms with E-state index in [-0.39, 0.29) is 11.5 Å². The van der Waals surface area contributed by atoms with Crippen molar-refractivity contribution in [2.45, 2.75) is 13.3 Å². The third kappa shape index (κ3) is 2.47. The van der Waals surface area contributed by atoms with E-state index >= 15 is 0 Å². The maximum Gasteiger partial charge on any atom is 0.264 e. The lowest BCUT2D eigenvalue weighted by Gasteiger charge is -2.19. The number of nitrogens with zero attached hydrogens (tertiary/aromatic N) is 3. The number of nitrogens with one attached hydrogen (secondary N) is 1. The van der Waals surface area contributed by atoms with Crippen LogP contribution >= 0.6 is 11.3 Å². The van der Waals surface area contributed by atoms with Crippen LogP contribution in [0.1, 0.15) is 21.7 Å². The lowest BCUT2D eigenvalue weighted by atomic mass is 10.2. The van der Waals surface area contributed by atoms with Gasteiger partial charge in [0.05, 0.1) is 16.6 Å². The monoisotopic (exact) mass is 306 g/mol. The molecule has 3 rings (SSSR count). The van der Waals surface area contributed by atoms with Crippen LogP contribution in [0.5, 0.6) is 0 Å². The summed E-state index contributed by atoms with van der Waals surface area (Å²) in [6, 6.07) is 0. The summed E-state index contributed by atoms with van der Waals surface area (Å²) in [5, 5.41) is 3.86. The van der Waals surface area contributed by atoms with Crippen LogP contribution in [-0.2, 0) is 7.05 Å². The van der Waals surface area contributed by atoms with Crippen molar-refractivity contribution in [3.63, 3.8) is 0 Å². The molecule has 1 fully saturated rings. The van der Waals surface area contributed by atoms with Crippen molar-refractivity contribution in [1.29, 1.82) is 0 Å². The first-order valence-corrected chi connectivity index (χ1v) is 7.86. The summed E-state index contributed by atoms with van der Waals surface area (Å²) < 4.78 is 1.45. The molecule has 1 amide bonds. The molecule has 2 aromatic heterocycles. The molecule has 1 saturated heterocycles. The van der Waals surface area contributed by atoms with Gasteiger partial charge in [-0.15, -0.1) is 11.3 Å². The van der Waals surface area contributed by atoms with Gasteiger partial charge in [0, 0.05) is 26.7 Å². The van der Waals surface area contributed by atoms with Gasteiger partial charge in [-0.25, -0.2) is 4.98 Å². The number of carbonyl (C=O) groups is 1. The average Bonchev–Trinajstić information content (AvgIpc) is 2.67. The molecule has 21 heavy (non-hydrogen) atoms. The predicted molar refractivity (Wildman–Crippen MR) is 83.0 cm³/mol. The molecule has 0 radical (unpaired) electrons. The molecule has 0 unspecified atom stereocenters. The van der Waals surface area contributed by atoms with Crippen molar-refractivity contribution in [1.82, 2.24) is 19.8 Å². The Hall–Kier alpha value is -1.73. The third-order valence-electron chi connectivity index (χ3n) is 3.83. The molecule has 1 aliphatic heterocycles. The van der Waals surface area contributed by atoms with Crippen LogP contribution in [0.4, 0.5) is 0 Å². The minimum atomic E-state index is -0.0923. The number of aryl methyl sites for hydroxylation is 2. The second-order valence-electron chi connectivity index (χ2n) is 5.29. The van der Waals surface area contributed by atoms with Gasteiger partial charge in [-0.3, -0.25) is 9.59 Å². The lowest BCUT2D eigenvalue weighted by Crippen LogP contribution is -2.34. The Morgan fingerprint density at radius 2 is 2.19 bits per heavy atom. The van der Waals surface area contributed by atoms with E-state index in [2.05, 4.69) is 10.3 Å². The zero-order chi connectivity index (χ0) is 15.0. The Balaban J connectivity index is 2.04. The van der Waals surface area contributed by atoms with E-state index in [0.717, 1.165) is 31.6 Å². The van der Waals surface area contributed by atoms with Crippen LogP contribution in [0.15, 0.2) is 11.1 Å². The van der Waals surface area contributed by atoms with Crippen molar-refractivity contribution in [3.05, 3.63) is 27.1 Å². The Morgan fingerprint density at radius 1 is 1.38 bits per heavy atom. The fourth-order valence-corrected chi connectivity index (χ4v) is 3.71. The molecule has 0 aliphatic carbocycles. The molecule has 112 valence electrons. The number of rotatable bonds is 1. The number of carbonyl (C=O) groups excluding carboxylic acids is 1. The predicted octanol–water partition coefficient (Wildman–Crippen LogP) is 0.739. The first kappa shape index (κ1) is 14.2. The van der Waals surface area contributed by atoms with Crippen LogP contribution in [0.3, 0.4) is 0 Å². The minimum absolute atomic E-state index is 0.0150. The summed E-state index contributed by atoms with van der Waals surface area (Å²) in [6.07, 6.45) is 2.46. The van der Waals surface area contributed by atoms with E-state index in [1.54, 1.807) is 7.05 Å². The topological polar surface area (TPSA) is 67.2 Å². The highest BCUT2D eigenvalue weighted by atomic mass is 32.1. The molecule has 1 N–H and O–H groups in total. The van der Waals surface area contributed by atoms with Crippen LogP contribution < -0.4 is 10.9 Å². The molecule has 7 heteroatoms. The number of thiophene rings is 1. The summed E-state index contributed by atoms with van der Waals surface area (Å²) in [6.45, 7) is 5.06. The Bertz CT molecular complexity index is 741. The fraction of sp³-hybridized carbons (Fsp3) is 0.500. The largest absolute Gasteiger partial charge is 0.337 e. The highest BCUT2D eigenvalue weighted by molar-refractivity contribution is 7.20. The van der Waals surface area contributed by atoms with Crippen molar-refractivity contribution >= 4 is 27.5 Å². The molecule has 3 heterocycles. The SMILES string of the molecule is Cc1c(C(=O)N2CCCNCC2)sc2ncn(C)c(=O)c12. The van der Waals surface area contributed by atoms with Gasteiger partial charge >= 0.3 is 0 Å². The Kier molecular flexibility index (Phi) is 3.77. The van der Waals surface area contributed by atoms with Crippen LogP contribution in [0.25, 0.3) is 10.2 Å². The zero-order valence-corrected chi connectivity index (χ0v) is 13.0. The van der Waals surface area contributed by atoms with E-state index < -0.39 is 0 Å². The van der Waals surface area contributed by atoms with Crippen LogP contribution in [0, 0.1) is 6.92 Å². The Morgan fingerprint density at radius 3 is 3.00 bits per heavy atom. The van der Waals surface area contributed by atoms with Crippen LogP contribution in [-0.4, -0.2) is 46.5 Å².